The van der Waals surface area contributed by atoms with Gasteiger partial charge in [-0.1, -0.05) is 18.2 Å². The zero-order chi connectivity index (χ0) is 27.5. The number of nitrogens with one attached hydrogen (secondary N) is 3. The van der Waals surface area contributed by atoms with Gasteiger partial charge in [0.25, 0.3) is 5.91 Å². The smallest absolute Gasteiger partial charge is 0.329 e. The largest absolute Gasteiger partial charge is 0.494 e. The molecule has 0 radical (unpaired) electrons. The van der Waals surface area contributed by atoms with E-state index >= 15 is 0 Å². The molecule has 38 heavy (non-hydrogen) atoms. The number of rotatable bonds is 10. The van der Waals surface area contributed by atoms with Gasteiger partial charge in [0.1, 0.15) is 5.75 Å². The molecular weight excluding hydrogens is 488 g/mol. The minimum absolute atomic E-state index is 0.234. The molecule has 3 aromatic rings. The summed E-state index contributed by atoms with van der Waals surface area (Å²) in [6, 6.07) is 17.5. The van der Waals surface area contributed by atoms with Gasteiger partial charge in [-0.2, -0.15) is 5.10 Å². The molecule has 3 N–H and O–H groups in total. The van der Waals surface area contributed by atoms with E-state index in [4.69, 9.17) is 14.2 Å². The van der Waals surface area contributed by atoms with E-state index in [-0.39, 0.29) is 12.5 Å². The Bertz CT molecular complexity index is 1300. The number of carbonyl (C=O) groups is 3. The number of methoxy groups -OCH3 is 1. The molecule has 0 bridgehead atoms. The Hall–Kier alpha value is -4.86. The number of carbonyl (C=O) groups excluding carboxylic acids is 3. The molecule has 0 heterocycles. The van der Waals surface area contributed by atoms with Crippen molar-refractivity contribution in [3.05, 3.63) is 77.4 Å². The lowest BCUT2D eigenvalue weighted by Gasteiger charge is -2.12. The Morgan fingerprint density at radius 3 is 2.24 bits per heavy atom. The zero-order valence-electron chi connectivity index (χ0n) is 21.7. The monoisotopic (exact) mass is 518 g/mol. The fraction of sp³-hybridized carbons (Fsp3) is 0.214. The maximum atomic E-state index is 12.3. The van der Waals surface area contributed by atoms with E-state index in [1.165, 1.54) is 13.3 Å². The highest BCUT2D eigenvalue weighted by Gasteiger charge is 2.15. The van der Waals surface area contributed by atoms with Crippen molar-refractivity contribution in [2.45, 2.75) is 20.8 Å². The van der Waals surface area contributed by atoms with Crippen molar-refractivity contribution in [2.24, 2.45) is 5.10 Å². The summed E-state index contributed by atoms with van der Waals surface area (Å²) in [4.78, 5) is 36.6. The molecule has 0 aliphatic rings. The second-order valence-corrected chi connectivity index (χ2v) is 8.12. The number of para-hydroxylation sites is 1. The highest BCUT2D eigenvalue weighted by atomic mass is 16.5. The van der Waals surface area contributed by atoms with Crippen molar-refractivity contribution >= 4 is 35.3 Å². The normalized spacial score (nSPS) is 10.5. The molecule has 10 heteroatoms. The number of hydrazone groups is 1. The third-order valence-electron chi connectivity index (χ3n) is 5.30. The Morgan fingerprint density at radius 2 is 1.58 bits per heavy atom. The van der Waals surface area contributed by atoms with Gasteiger partial charge < -0.3 is 24.8 Å². The second kappa shape index (κ2) is 13.4. The Kier molecular flexibility index (Phi) is 9.81. The number of hydrogen-bond donors (Lipinski definition) is 3. The van der Waals surface area contributed by atoms with Gasteiger partial charge in [0.15, 0.2) is 18.1 Å². The van der Waals surface area contributed by atoms with Gasteiger partial charge in [0.05, 0.1) is 19.9 Å². The summed E-state index contributed by atoms with van der Waals surface area (Å²) in [7, 11) is 1.46. The summed E-state index contributed by atoms with van der Waals surface area (Å²) in [6.07, 6.45) is 1.36. The first-order valence-corrected chi connectivity index (χ1v) is 11.8. The lowest BCUT2D eigenvalue weighted by Crippen LogP contribution is -2.32. The second-order valence-electron chi connectivity index (χ2n) is 8.12. The van der Waals surface area contributed by atoms with Crippen LogP contribution >= 0.6 is 0 Å². The lowest BCUT2D eigenvalue weighted by atomic mass is 10.1. The maximum Gasteiger partial charge on any atom is 0.329 e. The van der Waals surface area contributed by atoms with Crippen LogP contribution in [0, 0.1) is 13.8 Å². The molecule has 0 saturated carbocycles. The van der Waals surface area contributed by atoms with Crippen LogP contribution in [0.4, 0.5) is 11.4 Å². The van der Waals surface area contributed by atoms with Gasteiger partial charge in [-0.3, -0.25) is 14.4 Å². The molecule has 3 aromatic carbocycles. The van der Waals surface area contributed by atoms with Gasteiger partial charge in [0.2, 0.25) is 0 Å². The van der Waals surface area contributed by atoms with E-state index < -0.39 is 11.8 Å². The number of anilines is 2. The Labute approximate surface area is 221 Å². The summed E-state index contributed by atoms with van der Waals surface area (Å²) in [6.45, 7) is 5.91. The van der Waals surface area contributed by atoms with Crippen LogP contribution in [0.2, 0.25) is 0 Å². The standard InChI is InChI=1S/C28H30N4O6/c1-5-37-22-12-10-21(11-13-22)30-25(33)17-38-23-14-9-20(15-24(23)36-4)16-29-32-28(35)27(34)31-26-18(2)7-6-8-19(26)3/h6-16H,5,17H2,1-4H3,(H,30,33)(H,31,34)(H,32,35)/b29-16-. The average molecular weight is 519 g/mol. The predicted octanol–water partition coefficient (Wildman–Crippen LogP) is 3.82. The zero-order valence-corrected chi connectivity index (χ0v) is 21.7. The molecule has 0 aliphatic heterocycles. The van der Waals surface area contributed by atoms with Crippen LogP contribution in [-0.2, 0) is 14.4 Å². The van der Waals surface area contributed by atoms with Gasteiger partial charge in [-0.15, -0.1) is 0 Å². The molecule has 0 saturated heterocycles. The van der Waals surface area contributed by atoms with Gasteiger partial charge in [-0.25, -0.2) is 5.43 Å². The number of benzene rings is 3. The van der Waals surface area contributed by atoms with Crippen LogP contribution in [0.15, 0.2) is 65.8 Å². The van der Waals surface area contributed by atoms with Crippen molar-refractivity contribution < 1.29 is 28.6 Å². The minimum atomic E-state index is -0.908. The number of hydrogen-bond acceptors (Lipinski definition) is 7. The first kappa shape index (κ1) is 27.7. The highest BCUT2D eigenvalue weighted by Crippen LogP contribution is 2.27. The third-order valence-corrected chi connectivity index (χ3v) is 5.30. The number of aryl methyl sites for hydroxylation is 2. The van der Waals surface area contributed by atoms with Crippen LogP contribution in [0.25, 0.3) is 0 Å². The first-order chi connectivity index (χ1) is 18.3. The third kappa shape index (κ3) is 7.82. The number of amides is 3. The van der Waals surface area contributed by atoms with E-state index in [1.54, 1.807) is 42.5 Å². The maximum absolute atomic E-state index is 12.3. The first-order valence-electron chi connectivity index (χ1n) is 11.8. The molecule has 3 rings (SSSR count). The van der Waals surface area contributed by atoms with E-state index in [9.17, 15) is 14.4 Å². The molecule has 0 spiro atoms. The highest BCUT2D eigenvalue weighted by molar-refractivity contribution is 6.39. The van der Waals surface area contributed by atoms with Crippen LogP contribution < -0.4 is 30.3 Å². The Balaban J connectivity index is 1.52. The fourth-order valence-electron chi connectivity index (χ4n) is 3.42. The molecule has 3 amide bonds. The quantitative estimate of drug-likeness (QED) is 0.213. The summed E-state index contributed by atoms with van der Waals surface area (Å²) in [5, 5.41) is 9.18. The lowest BCUT2D eigenvalue weighted by molar-refractivity contribution is -0.136. The summed E-state index contributed by atoms with van der Waals surface area (Å²) < 4.78 is 16.3. The van der Waals surface area contributed by atoms with Crippen LogP contribution in [0.1, 0.15) is 23.6 Å². The summed E-state index contributed by atoms with van der Waals surface area (Å²) in [5.74, 6) is -0.650. The van der Waals surface area contributed by atoms with E-state index in [1.807, 2.05) is 39.0 Å². The Morgan fingerprint density at radius 1 is 0.868 bits per heavy atom. The molecular formula is C28H30N4O6. The van der Waals surface area contributed by atoms with Gasteiger partial charge in [-0.05, 0) is 79.9 Å². The summed E-state index contributed by atoms with van der Waals surface area (Å²) >= 11 is 0. The van der Waals surface area contributed by atoms with Crippen molar-refractivity contribution in [1.29, 1.82) is 0 Å². The number of nitrogens with zero attached hydrogens (tertiary/aromatic N) is 1. The van der Waals surface area contributed by atoms with E-state index in [0.717, 1.165) is 16.9 Å². The fourth-order valence-corrected chi connectivity index (χ4v) is 3.42. The molecule has 0 aliphatic carbocycles. The van der Waals surface area contributed by atoms with Crippen LogP contribution in [-0.4, -0.2) is 44.3 Å². The topological polar surface area (TPSA) is 127 Å². The van der Waals surface area contributed by atoms with Crippen LogP contribution in [0.3, 0.4) is 0 Å². The molecule has 0 unspecified atom stereocenters. The van der Waals surface area contributed by atoms with Gasteiger partial charge in [0, 0.05) is 11.4 Å². The molecule has 0 fully saturated rings. The van der Waals surface area contributed by atoms with Crippen molar-refractivity contribution in [2.75, 3.05) is 31.0 Å². The summed E-state index contributed by atoms with van der Waals surface area (Å²) in [5.41, 5.74) is 5.67. The SMILES string of the molecule is CCOc1ccc(NC(=O)COc2ccc(/C=N\NC(=O)C(=O)Nc3c(C)cccc3C)cc2OC)cc1. The predicted molar refractivity (Wildman–Crippen MR) is 145 cm³/mol. The molecule has 0 aromatic heterocycles. The average Bonchev–Trinajstić information content (AvgIpc) is 2.91. The van der Waals surface area contributed by atoms with Crippen molar-refractivity contribution in [3.8, 4) is 17.2 Å². The van der Waals surface area contributed by atoms with Gasteiger partial charge >= 0.3 is 11.8 Å². The van der Waals surface area contributed by atoms with Crippen LogP contribution in [0.5, 0.6) is 17.2 Å². The molecule has 10 nitrogen and oxygen atoms in total. The molecule has 0 atom stereocenters. The minimum Gasteiger partial charge on any atom is -0.494 e. The number of ether oxygens (including phenoxy) is 3. The van der Waals surface area contributed by atoms with Crippen molar-refractivity contribution in [3.63, 3.8) is 0 Å². The van der Waals surface area contributed by atoms with E-state index in [2.05, 4.69) is 21.2 Å². The molecule has 198 valence electrons. The van der Waals surface area contributed by atoms with Crippen molar-refractivity contribution in [1.82, 2.24) is 5.43 Å². The van der Waals surface area contributed by atoms with E-state index in [0.29, 0.717) is 35.0 Å².